The molecule has 5 nitrogen and oxygen atoms in total. The number of aromatic nitrogens is 2. The largest absolute Gasteiger partial charge is 0.320 e. The molecule has 1 aromatic heterocycles. The molecule has 0 aliphatic rings. The molecule has 5 heteroatoms. The SMILES string of the molecule is C=Cc1nonc1C(=O)Nc1ccccc1. The van der Waals surface area contributed by atoms with Gasteiger partial charge >= 0.3 is 0 Å². The van der Waals surface area contributed by atoms with Crippen LogP contribution in [0.15, 0.2) is 41.5 Å². The van der Waals surface area contributed by atoms with Gasteiger partial charge in [-0.2, -0.15) is 0 Å². The van der Waals surface area contributed by atoms with Crippen molar-refractivity contribution in [2.24, 2.45) is 0 Å². The summed E-state index contributed by atoms with van der Waals surface area (Å²) in [4.78, 5) is 11.7. The summed E-state index contributed by atoms with van der Waals surface area (Å²) in [5.74, 6) is -0.373. The Hall–Kier alpha value is -2.43. The molecule has 0 atom stereocenters. The van der Waals surface area contributed by atoms with Gasteiger partial charge in [-0.3, -0.25) is 4.79 Å². The van der Waals surface area contributed by atoms with E-state index in [9.17, 15) is 4.79 Å². The molecule has 0 aliphatic heterocycles. The fourth-order valence-corrected chi connectivity index (χ4v) is 1.20. The molecule has 0 saturated heterocycles. The maximum absolute atomic E-state index is 11.7. The monoisotopic (exact) mass is 215 g/mol. The predicted molar refractivity (Wildman–Crippen MR) is 58.8 cm³/mol. The summed E-state index contributed by atoms with van der Waals surface area (Å²) in [6.07, 6.45) is 1.41. The number of hydrogen-bond acceptors (Lipinski definition) is 4. The van der Waals surface area contributed by atoms with Crippen LogP contribution in [0.5, 0.6) is 0 Å². The summed E-state index contributed by atoms with van der Waals surface area (Å²) < 4.78 is 4.46. The zero-order valence-corrected chi connectivity index (χ0v) is 8.38. The molecule has 0 unspecified atom stereocenters. The van der Waals surface area contributed by atoms with Crippen molar-refractivity contribution in [3.8, 4) is 0 Å². The van der Waals surface area contributed by atoms with E-state index in [4.69, 9.17) is 0 Å². The highest BCUT2D eigenvalue weighted by molar-refractivity contribution is 6.04. The number of benzene rings is 1. The third-order valence-corrected chi connectivity index (χ3v) is 1.95. The minimum Gasteiger partial charge on any atom is -0.320 e. The number of hydrogen-bond donors (Lipinski definition) is 1. The summed E-state index contributed by atoms with van der Waals surface area (Å²) >= 11 is 0. The minimum absolute atomic E-state index is 0.124. The summed E-state index contributed by atoms with van der Waals surface area (Å²) in [7, 11) is 0. The Balaban J connectivity index is 2.18. The second-order valence-corrected chi connectivity index (χ2v) is 3.02. The van der Waals surface area contributed by atoms with Crippen molar-refractivity contribution in [1.82, 2.24) is 10.3 Å². The third-order valence-electron chi connectivity index (χ3n) is 1.95. The van der Waals surface area contributed by atoms with Crippen LogP contribution in [0.25, 0.3) is 6.08 Å². The average molecular weight is 215 g/mol. The fraction of sp³-hybridized carbons (Fsp3) is 0. The molecule has 1 aromatic carbocycles. The van der Waals surface area contributed by atoms with Crippen LogP contribution in [-0.4, -0.2) is 16.2 Å². The van der Waals surface area contributed by atoms with E-state index < -0.39 is 0 Å². The molecule has 0 aliphatic carbocycles. The van der Waals surface area contributed by atoms with Crippen LogP contribution in [0.3, 0.4) is 0 Å². The number of rotatable bonds is 3. The summed E-state index contributed by atoms with van der Waals surface area (Å²) in [5.41, 5.74) is 1.14. The Kier molecular flexibility index (Phi) is 2.77. The first-order valence-corrected chi connectivity index (χ1v) is 4.62. The predicted octanol–water partition coefficient (Wildman–Crippen LogP) is 1.96. The Morgan fingerprint density at radius 3 is 2.75 bits per heavy atom. The van der Waals surface area contributed by atoms with Gasteiger partial charge < -0.3 is 5.32 Å². The lowest BCUT2D eigenvalue weighted by molar-refractivity contribution is 0.101. The first-order chi connectivity index (χ1) is 7.81. The Morgan fingerprint density at radius 1 is 1.31 bits per heavy atom. The van der Waals surface area contributed by atoms with Crippen molar-refractivity contribution in [3.63, 3.8) is 0 Å². The van der Waals surface area contributed by atoms with Crippen LogP contribution in [0.2, 0.25) is 0 Å². The smallest absolute Gasteiger partial charge is 0.280 e. The highest BCUT2D eigenvalue weighted by Gasteiger charge is 2.15. The van der Waals surface area contributed by atoms with Gasteiger partial charge in [0.2, 0.25) is 0 Å². The van der Waals surface area contributed by atoms with Crippen molar-refractivity contribution < 1.29 is 9.42 Å². The highest BCUT2D eigenvalue weighted by atomic mass is 16.6. The number of nitrogens with zero attached hydrogens (tertiary/aromatic N) is 2. The van der Waals surface area contributed by atoms with Crippen LogP contribution in [0, 0.1) is 0 Å². The number of amides is 1. The topological polar surface area (TPSA) is 68.0 Å². The molecule has 2 aromatic rings. The molecule has 0 radical (unpaired) electrons. The molecular formula is C11H9N3O2. The normalized spacial score (nSPS) is 9.75. The fourth-order valence-electron chi connectivity index (χ4n) is 1.20. The zero-order valence-electron chi connectivity index (χ0n) is 8.38. The van der Waals surface area contributed by atoms with Crippen molar-refractivity contribution >= 4 is 17.7 Å². The van der Waals surface area contributed by atoms with Crippen molar-refractivity contribution in [2.45, 2.75) is 0 Å². The molecule has 0 fully saturated rings. The molecule has 0 saturated carbocycles. The van der Waals surface area contributed by atoms with Gasteiger partial charge in [0.25, 0.3) is 5.91 Å². The Morgan fingerprint density at radius 2 is 2.06 bits per heavy atom. The van der Waals surface area contributed by atoms with Crippen LogP contribution in [0.4, 0.5) is 5.69 Å². The lowest BCUT2D eigenvalue weighted by atomic mass is 10.2. The maximum Gasteiger partial charge on any atom is 0.280 e. The van der Waals surface area contributed by atoms with E-state index in [1.165, 1.54) is 6.08 Å². The van der Waals surface area contributed by atoms with Crippen LogP contribution >= 0.6 is 0 Å². The van der Waals surface area contributed by atoms with Crippen molar-refractivity contribution in [1.29, 1.82) is 0 Å². The van der Waals surface area contributed by atoms with Gasteiger partial charge in [0.1, 0.15) is 5.69 Å². The summed E-state index contributed by atoms with van der Waals surface area (Å²) in [5, 5.41) is 9.72. The molecule has 0 bridgehead atoms. The molecular weight excluding hydrogens is 206 g/mol. The quantitative estimate of drug-likeness (QED) is 0.849. The highest BCUT2D eigenvalue weighted by Crippen LogP contribution is 2.10. The first kappa shape index (κ1) is 10.1. The molecule has 2 rings (SSSR count). The van der Waals surface area contributed by atoms with Gasteiger partial charge in [0.15, 0.2) is 5.69 Å². The molecule has 1 N–H and O–H groups in total. The van der Waals surface area contributed by atoms with Gasteiger partial charge in [0, 0.05) is 5.69 Å². The van der Waals surface area contributed by atoms with Crippen molar-refractivity contribution in [3.05, 3.63) is 48.3 Å². The molecule has 0 spiro atoms. The second-order valence-electron chi connectivity index (χ2n) is 3.02. The van der Waals surface area contributed by atoms with E-state index in [2.05, 4.69) is 26.8 Å². The molecule has 1 heterocycles. The molecule has 16 heavy (non-hydrogen) atoms. The van der Waals surface area contributed by atoms with Gasteiger partial charge in [-0.25, -0.2) is 4.63 Å². The van der Waals surface area contributed by atoms with E-state index >= 15 is 0 Å². The average Bonchev–Trinajstić information content (AvgIpc) is 2.78. The third kappa shape index (κ3) is 1.98. The summed E-state index contributed by atoms with van der Waals surface area (Å²) in [6, 6.07) is 9.07. The summed E-state index contributed by atoms with van der Waals surface area (Å²) in [6.45, 7) is 3.51. The van der Waals surface area contributed by atoms with Crippen LogP contribution in [0.1, 0.15) is 16.2 Å². The number of carbonyl (C=O) groups excluding carboxylic acids is 1. The number of nitrogens with one attached hydrogen (secondary N) is 1. The minimum atomic E-state index is -0.373. The maximum atomic E-state index is 11.7. The number of anilines is 1. The number of carbonyl (C=O) groups is 1. The second kappa shape index (κ2) is 4.39. The van der Waals surface area contributed by atoms with E-state index in [-0.39, 0.29) is 11.6 Å². The Bertz CT molecular complexity index is 505. The van der Waals surface area contributed by atoms with Crippen molar-refractivity contribution in [2.75, 3.05) is 5.32 Å². The van der Waals surface area contributed by atoms with Gasteiger partial charge in [-0.05, 0) is 28.5 Å². The lowest BCUT2D eigenvalue weighted by Gasteiger charge is -2.01. The van der Waals surface area contributed by atoms with E-state index in [1.54, 1.807) is 12.1 Å². The van der Waals surface area contributed by atoms with Crippen LogP contribution in [-0.2, 0) is 0 Å². The zero-order chi connectivity index (χ0) is 11.4. The lowest BCUT2D eigenvalue weighted by Crippen LogP contribution is -2.13. The van der Waals surface area contributed by atoms with E-state index in [0.29, 0.717) is 11.4 Å². The van der Waals surface area contributed by atoms with Crippen LogP contribution < -0.4 is 5.32 Å². The van der Waals surface area contributed by atoms with Gasteiger partial charge in [-0.1, -0.05) is 24.8 Å². The van der Waals surface area contributed by atoms with E-state index in [0.717, 1.165) is 0 Å². The molecule has 1 amide bonds. The Labute approximate surface area is 91.7 Å². The van der Waals surface area contributed by atoms with E-state index in [1.807, 2.05) is 18.2 Å². The standard InChI is InChI=1S/C11H9N3O2/c1-2-9-10(14-16-13-9)11(15)12-8-6-4-3-5-7-8/h2-7H,1H2,(H,12,15). The molecule has 80 valence electrons. The number of para-hydroxylation sites is 1. The van der Waals surface area contributed by atoms with Gasteiger partial charge in [0.05, 0.1) is 0 Å². The first-order valence-electron chi connectivity index (χ1n) is 4.62. The van der Waals surface area contributed by atoms with Gasteiger partial charge in [-0.15, -0.1) is 0 Å².